The summed E-state index contributed by atoms with van der Waals surface area (Å²) in [6.07, 6.45) is -6.55. The van der Waals surface area contributed by atoms with Crippen LogP contribution in [0.15, 0.2) is 0 Å². The van der Waals surface area contributed by atoms with E-state index in [0.29, 0.717) is 26.3 Å². The van der Waals surface area contributed by atoms with E-state index in [1.54, 1.807) is 4.90 Å². The summed E-state index contributed by atoms with van der Waals surface area (Å²) in [6, 6.07) is -0.440. The molecular weight excluding hydrogens is 293 g/mol. The van der Waals surface area contributed by atoms with Gasteiger partial charge in [0.2, 0.25) is 11.9 Å². The van der Waals surface area contributed by atoms with E-state index in [0.717, 1.165) is 6.92 Å². The Labute approximate surface area is 118 Å². The molecule has 118 valence electrons. The average Bonchev–Trinajstić information content (AvgIpc) is 2.46. The molecule has 0 radical (unpaired) electrons. The van der Waals surface area contributed by atoms with Crippen LogP contribution in [0.3, 0.4) is 0 Å². The van der Waals surface area contributed by atoms with Crippen molar-refractivity contribution in [2.75, 3.05) is 36.6 Å². The number of rotatable bonds is 4. The monoisotopic (exact) mass is 308 g/mol. The number of hydrogen-bond donors (Lipinski definition) is 2. The van der Waals surface area contributed by atoms with Gasteiger partial charge in [-0.2, -0.15) is 28.1 Å². The highest BCUT2D eigenvalue weighted by Gasteiger charge is 2.38. The number of aromatic nitrogens is 3. The molecule has 2 heterocycles. The fraction of sp³-hybridized carbons (Fsp3) is 0.700. The van der Waals surface area contributed by atoms with Crippen molar-refractivity contribution < 1.29 is 22.6 Å². The molecule has 0 amide bonds. The minimum Gasteiger partial charge on any atom is -0.451 e. The molecular formula is C10H15F3N6O2. The molecule has 8 nitrogen and oxygen atoms in total. The molecule has 0 aliphatic carbocycles. The number of hydrogen-bond acceptors (Lipinski definition) is 8. The maximum atomic E-state index is 12.5. The summed E-state index contributed by atoms with van der Waals surface area (Å²) in [6.45, 7) is 2.86. The van der Waals surface area contributed by atoms with Gasteiger partial charge in [0.05, 0.1) is 13.2 Å². The van der Waals surface area contributed by atoms with Crippen LogP contribution in [0.1, 0.15) is 6.92 Å². The van der Waals surface area contributed by atoms with Gasteiger partial charge < -0.3 is 14.4 Å². The standard InChI is InChI=1S/C10H15F3N6O2/c1-6(10(11,12)13)21-9-16-7(18-14)15-8(17-9)19-2-4-20-5-3-19/h6H,2-5,14H2,1H3,(H,15,16,17,18). The van der Waals surface area contributed by atoms with Gasteiger partial charge in [0.1, 0.15) is 0 Å². The van der Waals surface area contributed by atoms with Crippen molar-refractivity contribution in [1.29, 1.82) is 0 Å². The molecule has 1 aliphatic rings. The summed E-state index contributed by atoms with van der Waals surface area (Å²) < 4.78 is 47.4. The zero-order valence-corrected chi connectivity index (χ0v) is 11.2. The fourth-order valence-corrected chi connectivity index (χ4v) is 1.59. The van der Waals surface area contributed by atoms with Crippen LogP contribution in [0.25, 0.3) is 0 Å². The number of ether oxygens (including phenoxy) is 2. The smallest absolute Gasteiger partial charge is 0.425 e. The zero-order chi connectivity index (χ0) is 15.5. The minimum atomic E-state index is -4.51. The van der Waals surface area contributed by atoms with Crippen LogP contribution in [0.2, 0.25) is 0 Å². The fourth-order valence-electron chi connectivity index (χ4n) is 1.59. The van der Waals surface area contributed by atoms with Gasteiger partial charge in [0.25, 0.3) is 0 Å². The van der Waals surface area contributed by atoms with Gasteiger partial charge in [-0.15, -0.1) is 0 Å². The highest BCUT2D eigenvalue weighted by atomic mass is 19.4. The molecule has 1 saturated heterocycles. The van der Waals surface area contributed by atoms with E-state index < -0.39 is 18.3 Å². The topological polar surface area (TPSA) is 98.4 Å². The Hall–Kier alpha value is -1.88. The lowest BCUT2D eigenvalue weighted by molar-refractivity contribution is -0.190. The normalized spacial score (nSPS) is 17.5. The van der Waals surface area contributed by atoms with Gasteiger partial charge in [-0.25, -0.2) is 5.84 Å². The molecule has 11 heteroatoms. The summed E-state index contributed by atoms with van der Waals surface area (Å²) in [7, 11) is 0. The number of halogens is 3. The second kappa shape index (κ2) is 6.26. The number of nitrogen functional groups attached to an aromatic ring is 1. The third kappa shape index (κ3) is 4.04. The zero-order valence-electron chi connectivity index (χ0n) is 11.2. The molecule has 1 aliphatic heterocycles. The molecule has 0 spiro atoms. The van der Waals surface area contributed by atoms with Crippen LogP contribution in [-0.4, -0.2) is 53.5 Å². The number of nitrogens with two attached hydrogens (primary N) is 1. The van der Waals surface area contributed by atoms with Crippen molar-refractivity contribution >= 4 is 11.9 Å². The molecule has 0 bridgehead atoms. The predicted molar refractivity (Wildman–Crippen MR) is 66.8 cm³/mol. The quantitative estimate of drug-likeness (QED) is 0.606. The molecule has 21 heavy (non-hydrogen) atoms. The van der Waals surface area contributed by atoms with E-state index in [1.165, 1.54) is 0 Å². The highest BCUT2D eigenvalue weighted by molar-refractivity contribution is 5.38. The van der Waals surface area contributed by atoms with Crippen LogP contribution < -0.4 is 20.9 Å². The van der Waals surface area contributed by atoms with Crippen LogP contribution in [0, 0.1) is 0 Å². The van der Waals surface area contributed by atoms with Crippen LogP contribution in [0.4, 0.5) is 25.1 Å². The first-order valence-electron chi connectivity index (χ1n) is 6.19. The summed E-state index contributed by atoms with van der Waals surface area (Å²) in [5.41, 5.74) is 2.18. The van der Waals surface area contributed by atoms with Gasteiger partial charge in [-0.3, -0.25) is 5.43 Å². The number of alkyl halides is 3. The second-order valence-electron chi connectivity index (χ2n) is 4.29. The third-order valence-corrected chi connectivity index (χ3v) is 2.77. The molecule has 2 rings (SSSR count). The third-order valence-electron chi connectivity index (χ3n) is 2.77. The van der Waals surface area contributed by atoms with Gasteiger partial charge in [0, 0.05) is 13.1 Å². The molecule has 1 aromatic heterocycles. The lowest BCUT2D eigenvalue weighted by Gasteiger charge is -2.27. The Bertz CT molecular complexity index is 480. The van der Waals surface area contributed by atoms with Crippen molar-refractivity contribution in [3.63, 3.8) is 0 Å². The summed E-state index contributed by atoms with van der Waals surface area (Å²) in [5.74, 6) is 5.32. The Morgan fingerprint density at radius 2 is 1.95 bits per heavy atom. The van der Waals surface area contributed by atoms with E-state index in [2.05, 4.69) is 20.4 Å². The van der Waals surface area contributed by atoms with Crippen molar-refractivity contribution in [2.45, 2.75) is 19.2 Å². The van der Waals surface area contributed by atoms with Crippen molar-refractivity contribution in [3.05, 3.63) is 0 Å². The van der Waals surface area contributed by atoms with Gasteiger partial charge in [-0.05, 0) is 6.92 Å². The van der Waals surface area contributed by atoms with Gasteiger partial charge >= 0.3 is 12.2 Å². The van der Waals surface area contributed by atoms with Gasteiger partial charge in [-0.1, -0.05) is 0 Å². The molecule has 1 unspecified atom stereocenters. The van der Waals surface area contributed by atoms with Crippen molar-refractivity contribution in [3.8, 4) is 6.01 Å². The molecule has 1 atom stereocenters. The molecule has 1 aromatic rings. The maximum Gasteiger partial charge on any atom is 0.425 e. The predicted octanol–water partition coefficient (Wildman–Crippen LogP) is 0.323. The average molecular weight is 308 g/mol. The van der Waals surface area contributed by atoms with Crippen LogP contribution in [0.5, 0.6) is 6.01 Å². The van der Waals surface area contributed by atoms with E-state index in [1.807, 2.05) is 0 Å². The first-order valence-corrected chi connectivity index (χ1v) is 6.19. The SMILES string of the molecule is CC(Oc1nc(NN)nc(N2CCOCC2)n1)C(F)(F)F. The Morgan fingerprint density at radius 1 is 1.29 bits per heavy atom. The number of anilines is 2. The van der Waals surface area contributed by atoms with E-state index in [4.69, 9.17) is 15.3 Å². The summed E-state index contributed by atoms with van der Waals surface area (Å²) >= 11 is 0. The minimum absolute atomic E-state index is 0.0733. The Balaban J connectivity index is 2.20. The first kappa shape index (κ1) is 15.5. The van der Waals surface area contributed by atoms with E-state index >= 15 is 0 Å². The lowest BCUT2D eigenvalue weighted by atomic mass is 10.4. The number of nitrogens with one attached hydrogen (secondary N) is 1. The first-order chi connectivity index (χ1) is 9.90. The Morgan fingerprint density at radius 3 is 2.52 bits per heavy atom. The number of morpholine rings is 1. The summed E-state index contributed by atoms with van der Waals surface area (Å²) in [5, 5.41) is 0. The second-order valence-corrected chi connectivity index (χ2v) is 4.29. The summed E-state index contributed by atoms with van der Waals surface area (Å²) in [4.78, 5) is 13.3. The van der Waals surface area contributed by atoms with Crippen LogP contribution in [-0.2, 0) is 4.74 Å². The Kier molecular flexibility index (Phi) is 4.63. The molecule has 1 fully saturated rings. The lowest BCUT2D eigenvalue weighted by Crippen LogP contribution is -2.38. The molecule has 0 aromatic carbocycles. The largest absolute Gasteiger partial charge is 0.451 e. The highest BCUT2D eigenvalue weighted by Crippen LogP contribution is 2.24. The molecule has 3 N–H and O–H groups in total. The van der Waals surface area contributed by atoms with Crippen LogP contribution >= 0.6 is 0 Å². The number of nitrogens with zero attached hydrogens (tertiary/aromatic N) is 4. The van der Waals surface area contributed by atoms with Crippen molar-refractivity contribution in [1.82, 2.24) is 15.0 Å². The van der Waals surface area contributed by atoms with Gasteiger partial charge in [0.15, 0.2) is 6.10 Å². The van der Waals surface area contributed by atoms with Crippen molar-refractivity contribution in [2.24, 2.45) is 5.84 Å². The maximum absolute atomic E-state index is 12.5. The van der Waals surface area contributed by atoms with E-state index in [9.17, 15) is 13.2 Å². The number of hydrazine groups is 1. The molecule has 0 saturated carbocycles. The van der Waals surface area contributed by atoms with E-state index in [-0.39, 0.29) is 11.9 Å².